The first-order valence-corrected chi connectivity index (χ1v) is 14.2. The summed E-state index contributed by atoms with van der Waals surface area (Å²) >= 11 is 0. The first kappa shape index (κ1) is 28.9. The number of para-hydroxylation sites is 2. The molecular formula is C35H29N5O5. The first-order chi connectivity index (χ1) is 21.9. The number of anilines is 3. The summed E-state index contributed by atoms with van der Waals surface area (Å²) in [6, 6.07) is 33.7. The molecule has 4 amide bonds. The molecule has 5 aromatic rings. The predicted octanol–water partition coefficient (Wildman–Crippen LogP) is 6.49. The van der Waals surface area contributed by atoms with Gasteiger partial charge in [0.15, 0.2) is 0 Å². The molecule has 224 valence electrons. The number of hydrogen-bond acceptors (Lipinski definition) is 7. The van der Waals surface area contributed by atoms with Gasteiger partial charge in [-0.1, -0.05) is 48.5 Å². The number of ether oxygens (including phenoxy) is 2. The minimum Gasteiger partial charge on any atom is -0.457 e. The van der Waals surface area contributed by atoms with Crippen LogP contribution in [0.4, 0.5) is 22.0 Å². The van der Waals surface area contributed by atoms with Gasteiger partial charge in [0.2, 0.25) is 11.8 Å². The third kappa shape index (κ3) is 6.91. The molecule has 2 atom stereocenters. The molecule has 0 bridgehead atoms. The van der Waals surface area contributed by atoms with Crippen LogP contribution in [-0.4, -0.2) is 33.8 Å². The Kier molecular flexibility index (Phi) is 8.36. The quantitative estimate of drug-likeness (QED) is 0.165. The molecular weight excluding hydrogens is 570 g/mol. The molecule has 0 aliphatic carbocycles. The standard InChI is InChI=1S/C35H29N5O5/c36-31-20-23(17-18-37-31)19-30-32(33(41)38-24-9-7-15-28(21-24)44-26-11-3-1-4-12-26)40(34(30)42)35(43)39-25-10-8-16-29(22-25)45-27-13-5-2-6-14-27/h1-18,20-22,30,32H,19H2,(H2,36,37)(H,38,41)(H,39,43)/t30-,32+/m1/s1. The highest BCUT2D eigenvalue weighted by molar-refractivity contribution is 6.14. The fourth-order valence-electron chi connectivity index (χ4n) is 5.07. The molecule has 6 rings (SSSR count). The molecule has 2 heterocycles. The molecule has 4 N–H and O–H groups in total. The highest BCUT2D eigenvalue weighted by Gasteiger charge is 2.54. The largest absolute Gasteiger partial charge is 0.457 e. The molecule has 1 aliphatic rings. The van der Waals surface area contributed by atoms with Crippen LogP contribution in [0.5, 0.6) is 23.0 Å². The van der Waals surface area contributed by atoms with E-state index in [-0.39, 0.29) is 6.42 Å². The molecule has 1 saturated heterocycles. The summed E-state index contributed by atoms with van der Waals surface area (Å²) in [5.41, 5.74) is 7.42. The Morgan fingerprint density at radius 3 is 1.84 bits per heavy atom. The van der Waals surface area contributed by atoms with Crippen LogP contribution in [0.1, 0.15) is 5.56 Å². The Morgan fingerprint density at radius 1 is 0.711 bits per heavy atom. The molecule has 0 spiro atoms. The van der Waals surface area contributed by atoms with E-state index < -0.39 is 29.8 Å². The van der Waals surface area contributed by atoms with E-state index in [2.05, 4.69) is 15.6 Å². The van der Waals surface area contributed by atoms with E-state index in [1.807, 2.05) is 60.7 Å². The third-order valence-corrected chi connectivity index (χ3v) is 7.15. The number of carbonyl (C=O) groups excluding carboxylic acids is 3. The molecule has 0 saturated carbocycles. The number of nitrogens with two attached hydrogens (primary N) is 1. The summed E-state index contributed by atoms with van der Waals surface area (Å²) in [7, 11) is 0. The van der Waals surface area contributed by atoms with Crippen LogP contribution >= 0.6 is 0 Å². The lowest BCUT2D eigenvalue weighted by Gasteiger charge is -2.44. The van der Waals surface area contributed by atoms with Crippen molar-refractivity contribution in [2.24, 2.45) is 5.92 Å². The number of aromatic nitrogens is 1. The number of carbonyl (C=O) groups is 3. The fraction of sp³-hybridized carbons (Fsp3) is 0.0857. The van der Waals surface area contributed by atoms with Gasteiger partial charge in [0.25, 0.3) is 0 Å². The summed E-state index contributed by atoms with van der Waals surface area (Å²) in [5.74, 6) is 0.776. The Morgan fingerprint density at radius 2 is 1.27 bits per heavy atom. The van der Waals surface area contributed by atoms with Gasteiger partial charge < -0.3 is 25.8 Å². The van der Waals surface area contributed by atoms with Gasteiger partial charge in [0.1, 0.15) is 34.9 Å². The van der Waals surface area contributed by atoms with Gasteiger partial charge >= 0.3 is 6.03 Å². The molecule has 1 fully saturated rings. The smallest absolute Gasteiger partial charge is 0.329 e. The van der Waals surface area contributed by atoms with Gasteiger partial charge in [-0.2, -0.15) is 0 Å². The Hall–Kier alpha value is -6.16. The second-order valence-corrected chi connectivity index (χ2v) is 10.4. The predicted molar refractivity (Wildman–Crippen MR) is 170 cm³/mol. The van der Waals surface area contributed by atoms with E-state index >= 15 is 0 Å². The van der Waals surface area contributed by atoms with Gasteiger partial charge in [-0.15, -0.1) is 0 Å². The second-order valence-electron chi connectivity index (χ2n) is 10.4. The zero-order chi connectivity index (χ0) is 31.2. The van der Waals surface area contributed by atoms with Gasteiger partial charge in [-0.3, -0.25) is 14.5 Å². The summed E-state index contributed by atoms with van der Waals surface area (Å²) in [6.45, 7) is 0. The third-order valence-electron chi connectivity index (χ3n) is 7.15. The normalized spacial score (nSPS) is 15.5. The zero-order valence-corrected chi connectivity index (χ0v) is 24.0. The number of benzene rings is 4. The van der Waals surface area contributed by atoms with E-state index in [0.29, 0.717) is 40.2 Å². The number of amides is 4. The number of rotatable bonds is 9. The second kappa shape index (κ2) is 13.0. The van der Waals surface area contributed by atoms with Crippen LogP contribution in [0, 0.1) is 5.92 Å². The van der Waals surface area contributed by atoms with Crippen molar-refractivity contribution in [1.29, 1.82) is 0 Å². The van der Waals surface area contributed by atoms with Crippen LogP contribution in [0.2, 0.25) is 0 Å². The van der Waals surface area contributed by atoms with Crippen molar-refractivity contribution in [3.8, 4) is 23.0 Å². The van der Waals surface area contributed by atoms with Crippen LogP contribution in [-0.2, 0) is 16.0 Å². The molecule has 1 aromatic heterocycles. The number of β-lactam (4-membered cyclic amide) rings is 1. The minimum atomic E-state index is -1.09. The Balaban J connectivity index is 1.20. The number of imide groups is 1. The monoisotopic (exact) mass is 599 g/mol. The van der Waals surface area contributed by atoms with Gasteiger partial charge in [-0.25, -0.2) is 9.78 Å². The number of urea groups is 1. The lowest BCUT2D eigenvalue weighted by atomic mass is 9.82. The number of nitrogen functional groups attached to an aromatic ring is 1. The first-order valence-electron chi connectivity index (χ1n) is 14.2. The molecule has 45 heavy (non-hydrogen) atoms. The zero-order valence-electron chi connectivity index (χ0n) is 24.0. The van der Waals surface area contributed by atoms with E-state index in [4.69, 9.17) is 15.2 Å². The van der Waals surface area contributed by atoms with Crippen molar-refractivity contribution in [2.75, 3.05) is 16.4 Å². The van der Waals surface area contributed by atoms with Crippen LogP contribution < -0.4 is 25.8 Å². The van der Waals surface area contributed by atoms with Crippen molar-refractivity contribution in [1.82, 2.24) is 9.88 Å². The van der Waals surface area contributed by atoms with E-state index in [0.717, 1.165) is 10.5 Å². The van der Waals surface area contributed by atoms with Crippen LogP contribution in [0.15, 0.2) is 128 Å². The molecule has 0 unspecified atom stereocenters. The Labute approximate surface area is 259 Å². The van der Waals surface area contributed by atoms with Gasteiger partial charge in [-0.05, 0) is 72.6 Å². The number of pyridine rings is 1. The summed E-state index contributed by atoms with van der Waals surface area (Å²) in [4.78, 5) is 45.5. The topological polar surface area (TPSA) is 136 Å². The van der Waals surface area contributed by atoms with E-state index in [1.165, 1.54) is 6.20 Å². The van der Waals surface area contributed by atoms with E-state index in [9.17, 15) is 14.4 Å². The molecule has 0 radical (unpaired) electrons. The number of nitrogens with zero attached hydrogens (tertiary/aromatic N) is 2. The van der Waals surface area contributed by atoms with Crippen molar-refractivity contribution < 1.29 is 23.9 Å². The molecule has 4 aromatic carbocycles. The average molecular weight is 600 g/mol. The highest BCUT2D eigenvalue weighted by atomic mass is 16.5. The lowest BCUT2D eigenvalue weighted by molar-refractivity contribution is -0.155. The molecule has 10 nitrogen and oxygen atoms in total. The fourth-order valence-corrected chi connectivity index (χ4v) is 5.07. The van der Waals surface area contributed by atoms with Gasteiger partial charge in [0, 0.05) is 29.7 Å². The van der Waals surface area contributed by atoms with Crippen molar-refractivity contribution in [3.05, 3.63) is 133 Å². The van der Waals surface area contributed by atoms with Gasteiger partial charge in [0.05, 0.1) is 5.92 Å². The minimum absolute atomic E-state index is 0.199. The summed E-state index contributed by atoms with van der Waals surface area (Å²) in [5, 5.41) is 5.59. The number of nitrogens with one attached hydrogen (secondary N) is 2. The SMILES string of the molecule is Nc1cc(C[C@H]2C(=O)N(C(=O)Nc3cccc(Oc4ccccc4)c3)[C@@H]2C(=O)Nc2cccc(Oc3ccccc3)c2)ccn1. The average Bonchev–Trinajstić information content (AvgIpc) is 3.03. The van der Waals surface area contributed by atoms with Crippen LogP contribution in [0.25, 0.3) is 0 Å². The van der Waals surface area contributed by atoms with Crippen molar-refractivity contribution in [2.45, 2.75) is 12.5 Å². The van der Waals surface area contributed by atoms with Crippen LogP contribution in [0.3, 0.4) is 0 Å². The van der Waals surface area contributed by atoms with E-state index in [1.54, 1.807) is 60.7 Å². The molecule has 1 aliphatic heterocycles. The molecule has 10 heteroatoms. The maximum absolute atomic E-state index is 13.7. The number of likely N-dealkylation sites (tertiary alicyclic amines) is 1. The maximum Gasteiger partial charge on any atom is 0.329 e. The summed E-state index contributed by atoms with van der Waals surface area (Å²) < 4.78 is 11.8. The summed E-state index contributed by atoms with van der Waals surface area (Å²) in [6.07, 6.45) is 1.74. The number of hydrogen-bond donors (Lipinski definition) is 3. The Bertz CT molecular complexity index is 1830. The van der Waals surface area contributed by atoms with Crippen molar-refractivity contribution in [3.63, 3.8) is 0 Å². The lowest BCUT2D eigenvalue weighted by Crippen LogP contribution is -2.68. The highest BCUT2D eigenvalue weighted by Crippen LogP contribution is 2.33. The van der Waals surface area contributed by atoms with Crippen molar-refractivity contribution >= 4 is 35.0 Å². The maximum atomic E-state index is 13.7.